The third-order valence-corrected chi connectivity index (χ3v) is 2.80. The maximum absolute atomic E-state index is 5.84. The third-order valence-electron chi connectivity index (χ3n) is 2.59. The van der Waals surface area contributed by atoms with Crippen LogP contribution in [-0.2, 0) is 6.54 Å². The van der Waals surface area contributed by atoms with E-state index in [4.69, 9.17) is 16.3 Å². The fraction of sp³-hybridized carbons (Fsp3) is 0.267. The number of rotatable bonds is 6. The van der Waals surface area contributed by atoms with E-state index in [1.165, 1.54) is 5.56 Å². The number of nitrogens with zero attached hydrogens (tertiary/aromatic N) is 1. The van der Waals surface area contributed by atoms with E-state index in [-0.39, 0.29) is 0 Å². The molecule has 2 rings (SSSR count). The van der Waals surface area contributed by atoms with Crippen molar-refractivity contribution in [1.29, 1.82) is 0 Å². The number of halogens is 1. The van der Waals surface area contributed by atoms with Crippen molar-refractivity contribution in [2.45, 2.75) is 19.9 Å². The highest BCUT2D eigenvalue weighted by Gasteiger charge is 1.98. The number of hydrogen-bond donors (Lipinski definition) is 1. The monoisotopic (exact) mass is 276 g/mol. The van der Waals surface area contributed by atoms with E-state index in [1.807, 2.05) is 24.3 Å². The van der Waals surface area contributed by atoms with Gasteiger partial charge in [-0.15, -0.1) is 0 Å². The maximum Gasteiger partial charge on any atom is 0.131 e. The summed E-state index contributed by atoms with van der Waals surface area (Å²) in [6, 6.07) is 11.8. The lowest BCUT2D eigenvalue weighted by Crippen LogP contribution is -2.01. The van der Waals surface area contributed by atoms with Crippen LogP contribution in [0.2, 0.25) is 5.15 Å². The molecule has 0 aliphatic rings. The van der Waals surface area contributed by atoms with Gasteiger partial charge in [0.1, 0.15) is 10.9 Å². The fourth-order valence-electron chi connectivity index (χ4n) is 1.68. The fourth-order valence-corrected chi connectivity index (χ4v) is 1.86. The minimum Gasteiger partial charge on any atom is -0.494 e. The minimum atomic E-state index is 0.491. The summed E-state index contributed by atoms with van der Waals surface area (Å²) in [6.07, 6.45) is 2.70. The molecule has 1 aromatic carbocycles. The van der Waals surface area contributed by atoms with Crippen molar-refractivity contribution in [3.05, 3.63) is 53.3 Å². The summed E-state index contributed by atoms with van der Waals surface area (Å²) in [5.41, 5.74) is 2.13. The molecule has 0 unspecified atom stereocenters. The SMILES string of the molecule is CCCOc1cccc(CNc2ccnc(Cl)c2)c1. The molecule has 2 aromatic rings. The Morgan fingerprint density at radius 2 is 2.16 bits per heavy atom. The van der Waals surface area contributed by atoms with Crippen LogP contribution in [0.1, 0.15) is 18.9 Å². The van der Waals surface area contributed by atoms with Gasteiger partial charge in [-0.05, 0) is 36.2 Å². The number of aromatic nitrogens is 1. The Morgan fingerprint density at radius 1 is 1.26 bits per heavy atom. The Morgan fingerprint density at radius 3 is 2.95 bits per heavy atom. The van der Waals surface area contributed by atoms with Gasteiger partial charge in [0.15, 0.2) is 0 Å². The van der Waals surface area contributed by atoms with Gasteiger partial charge >= 0.3 is 0 Å². The van der Waals surface area contributed by atoms with Crippen molar-refractivity contribution >= 4 is 17.3 Å². The van der Waals surface area contributed by atoms with Crippen LogP contribution in [-0.4, -0.2) is 11.6 Å². The van der Waals surface area contributed by atoms with Crippen LogP contribution in [0.15, 0.2) is 42.6 Å². The van der Waals surface area contributed by atoms with Crippen molar-refractivity contribution < 1.29 is 4.74 Å². The first-order chi connectivity index (χ1) is 9.28. The van der Waals surface area contributed by atoms with Crippen LogP contribution in [0, 0.1) is 0 Å². The van der Waals surface area contributed by atoms with Gasteiger partial charge in [0.05, 0.1) is 6.61 Å². The van der Waals surface area contributed by atoms with Crippen molar-refractivity contribution in [2.24, 2.45) is 0 Å². The van der Waals surface area contributed by atoms with Crippen LogP contribution in [0.5, 0.6) is 5.75 Å². The predicted molar refractivity (Wildman–Crippen MR) is 78.8 cm³/mol. The molecule has 19 heavy (non-hydrogen) atoms. The number of benzene rings is 1. The first kappa shape index (κ1) is 13.7. The summed E-state index contributed by atoms with van der Waals surface area (Å²) in [5, 5.41) is 3.80. The molecule has 0 saturated carbocycles. The van der Waals surface area contributed by atoms with Gasteiger partial charge in [0.25, 0.3) is 0 Å². The molecule has 100 valence electrons. The summed E-state index contributed by atoms with van der Waals surface area (Å²) in [6.45, 7) is 3.57. The van der Waals surface area contributed by atoms with E-state index < -0.39 is 0 Å². The Bertz CT molecular complexity index is 531. The number of ether oxygens (including phenoxy) is 1. The van der Waals surface area contributed by atoms with Crippen molar-refractivity contribution in [3.8, 4) is 5.75 Å². The second kappa shape index (κ2) is 7.00. The molecule has 1 heterocycles. The highest BCUT2D eigenvalue weighted by molar-refractivity contribution is 6.29. The van der Waals surface area contributed by atoms with Gasteiger partial charge in [0.2, 0.25) is 0 Å². The van der Waals surface area contributed by atoms with Crippen molar-refractivity contribution in [2.75, 3.05) is 11.9 Å². The van der Waals surface area contributed by atoms with E-state index in [0.29, 0.717) is 5.15 Å². The largest absolute Gasteiger partial charge is 0.494 e. The standard InChI is InChI=1S/C15H17ClN2O/c1-2-8-19-14-5-3-4-12(9-14)11-18-13-6-7-17-15(16)10-13/h3-7,9-10H,2,8,11H2,1H3,(H,17,18). The highest BCUT2D eigenvalue weighted by Crippen LogP contribution is 2.16. The number of pyridine rings is 1. The summed E-state index contributed by atoms with van der Waals surface area (Å²) >= 11 is 5.84. The Balaban J connectivity index is 1.95. The zero-order valence-corrected chi connectivity index (χ0v) is 11.7. The van der Waals surface area contributed by atoms with Crippen LogP contribution in [0.4, 0.5) is 5.69 Å². The molecular weight excluding hydrogens is 260 g/mol. The number of nitrogens with one attached hydrogen (secondary N) is 1. The molecule has 0 saturated heterocycles. The van der Waals surface area contributed by atoms with Gasteiger partial charge in [0, 0.05) is 18.4 Å². The molecule has 0 aliphatic carbocycles. The zero-order chi connectivity index (χ0) is 13.5. The van der Waals surface area contributed by atoms with Crippen LogP contribution < -0.4 is 10.1 Å². The van der Waals surface area contributed by atoms with Crippen LogP contribution >= 0.6 is 11.6 Å². The molecule has 0 bridgehead atoms. The van der Waals surface area contributed by atoms with E-state index in [9.17, 15) is 0 Å². The highest BCUT2D eigenvalue weighted by atomic mass is 35.5. The van der Waals surface area contributed by atoms with E-state index in [2.05, 4.69) is 23.3 Å². The molecule has 0 radical (unpaired) electrons. The van der Waals surface area contributed by atoms with E-state index in [1.54, 1.807) is 12.3 Å². The van der Waals surface area contributed by atoms with E-state index in [0.717, 1.165) is 31.0 Å². The predicted octanol–water partition coefficient (Wildman–Crippen LogP) is 4.14. The van der Waals surface area contributed by atoms with Crippen molar-refractivity contribution in [3.63, 3.8) is 0 Å². The summed E-state index contributed by atoms with van der Waals surface area (Å²) in [5.74, 6) is 0.911. The van der Waals surface area contributed by atoms with Gasteiger partial charge in [-0.25, -0.2) is 4.98 Å². The van der Waals surface area contributed by atoms with Crippen LogP contribution in [0.3, 0.4) is 0 Å². The molecule has 3 nitrogen and oxygen atoms in total. The quantitative estimate of drug-likeness (QED) is 0.806. The molecule has 0 amide bonds. The average Bonchev–Trinajstić information content (AvgIpc) is 2.43. The van der Waals surface area contributed by atoms with Crippen molar-refractivity contribution in [1.82, 2.24) is 4.98 Å². The second-order valence-electron chi connectivity index (χ2n) is 4.22. The first-order valence-electron chi connectivity index (χ1n) is 6.35. The molecular formula is C15H17ClN2O. The Kier molecular flexibility index (Phi) is 5.04. The second-order valence-corrected chi connectivity index (χ2v) is 4.60. The lowest BCUT2D eigenvalue weighted by molar-refractivity contribution is 0.317. The average molecular weight is 277 g/mol. The number of hydrogen-bond acceptors (Lipinski definition) is 3. The van der Waals surface area contributed by atoms with Gasteiger partial charge in [-0.3, -0.25) is 0 Å². The maximum atomic E-state index is 5.84. The molecule has 0 aliphatic heterocycles. The Hall–Kier alpha value is -1.74. The smallest absolute Gasteiger partial charge is 0.131 e. The summed E-state index contributed by atoms with van der Waals surface area (Å²) in [4.78, 5) is 3.95. The summed E-state index contributed by atoms with van der Waals surface area (Å²) < 4.78 is 5.61. The normalized spacial score (nSPS) is 10.2. The lowest BCUT2D eigenvalue weighted by atomic mass is 10.2. The Labute approximate surface area is 118 Å². The molecule has 1 aromatic heterocycles. The molecule has 0 fully saturated rings. The first-order valence-corrected chi connectivity index (χ1v) is 6.73. The molecule has 0 spiro atoms. The van der Waals surface area contributed by atoms with E-state index >= 15 is 0 Å². The van der Waals surface area contributed by atoms with Gasteiger partial charge in [-0.2, -0.15) is 0 Å². The van der Waals surface area contributed by atoms with Crippen LogP contribution in [0.25, 0.3) is 0 Å². The molecule has 0 atom stereocenters. The minimum absolute atomic E-state index is 0.491. The van der Waals surface area contributed by atoms with Gasteiger partial charge < -0.3 is 10.1 Å². The molecule has 4 heteroatoms. The third kappa shape index (κ3) is 4.45. The number of anilines is 1. The lowest BCUT2D eigenvalue weighted by Gasteiger charge is -2.09. The zero-order valence-electron chi connectivity index (χ0n) is 10.9. The van der Waals surface area contributed by atoms with Gasteiger partial charge in [-0.1, -0.05) is 30.7 Å². The topological polar surface area (TPSA) is 34.1 Å². The summed E-state index contributed by atoms with van der Waals surface area (Å²) in [7, 11) is 0. The molecule has 1 N–H and O–H groups in total.